The van der Waals surface area contributed by atoms with E-state index in [2.05, 4.69) is 19.9 Å². The summed E-state index contributed by atoms with van der Waals surface area (Å²) in [5.41, 5.74) is 8.29. The average Bonchev–Trinajstić information content (AvgIpc) is 2.87. The first-order valence-corrected chi connectivity index (χ1v) is 7.15. The van der Waals surface area contributed by atoms with Crippen molar-refractivity contribution in [2.24, 2.45) is 5.73 Å². The number of aromatic hydroxyl groups is 1. The molecule has 1 aliphatic carbocycles. The van der Waals surface area contributed by atoms with E-state index in [1.807, 2.05) is 6.07 Å². The first kappa shape index (κ1) is 14.2. The van der Waals surface area contributed by atoms with Gasteiger partial charge in [0.2, 0.25) is 0 Å². The minimum absolute atomic E-state index is 0.0201. The second-order valence-corrected chi connectivity index (χ2v) is 5.97. The van der Waals surface area contributed by atoms with Gasteiger partial charge < -0.3 is 15.6 Å². The summed E-state index contributed by atoms with van der Waals surface area (Å²) >= 11 is 0. The lowest BCUT2D eigenvalue weighted by atomic mass is 9.77. The number of hydrogen-bond acceptors (Lipinski definition) is 3. The van der Waals surface area contributed by atoms with E-state index in [1.165, 1.54) is 12.8 Å². The Kier molecular flexibility index (Phi) is 4.04. The lowest BCUT2D eigenvalue weighted by molar-refractivity contribution is 0.348. The van der Waals surface area contributed by atoms with Crippen molar-refractivity contribution in [1.29, 1.82) is 0 Å². The van der Waals surface area contributed by atoms with E-state index in [9.17, 15) is 5.11 Å². The van der Waals surface area contributed by atoms with Crippen LogP contribution >= 0.6 is 0 Å². The molecule has 1 aliphatic rings. The highest BCUT2D eigenvalue weighted by Gasteiger charge is 2.37. The highest BCUT2D eigenvalue weighted by molar-refractivity contribution is 5.53. The Morgan fingerprint density at radius 1 is 1.32 bits per heavy atom. The largest absolute Gasteiger partial charge is 0.504 e. The molecule has 2 rings (SSSR count). The lowest BCUT2D eigenvalue weighted by Crippen LogP contribution is -2.32. The molecule has 0 heterocycles. The van der Waals surface area contributed by atoms with Gasteiger partial charge >= 0.3 is 0 Å². The number of phenols is 1. The molecule has 1 aromatic rings. The molecule has 1 fully saturated rings. The van der Waals surface area contributed by atoms with Crippen LogP contribution in [0, 0.1) is 0 Å². The van der Waals surface area contributed by atoms with E-state index in [4.69, 9.17) is 10.5 Å². The van der Waals surface area contributed by atoms with Gasteiger partial charge in [-0.1, -0.05) is 32.8 Å². The molecule has 0 saturated heterocycles. The minimum Gasteiger partial charge on any atom is -0.504 e. The van der Waals surface area contributed by atoms with Crippen LogP contribution in [0.5, 0.6) is 11.5 Å². The van der Waals surface area contributed by atoms with Gasteiger partial charge in [0.25, 0.3) is 0 Å². The monoisotopic (exact) mass is 263 g/mol. The molecule has 0 amide bonds. The summed E-state index contributed by atoms with van der Waals surface area (Å²) in [7, 11) is 1.62. The quantitative estimate of drug-likeness (QED) is 0.876. The van der Waals surface area contributed by atoms with E-state index < -0.39 is 0 Å². The number of phenolic OH excluding ortho intramolecular Hbond substituents is 1. The van der Waals surface area contributed by atoms with Crippen molar-refractivity contribution in [2.45, 2.75) is 50.9 Å². The number of benzene rings is 1. The Morgan fingerprint density at radius 2 is 1.95 bits per heavy atom. The molecule has 0 bridgehead atoms. The molecular weight excluding hydrogens is 238 g/mol. The van der Waals surface area contributed by atoms with Gasteiger partial charge in [-0.15, -0.1) is 0 Å². The van der Waals surface area contributed by atoms with Crippen molar-refractivity contribution in [1.82, 2.24) is 0 Å². The van der Waals surface area contributed by atoms with Gasteiger partial charge in [0.15, 0.2) is 11.5 Å². The molecule has 0 spiro atoms. The van der Waals surface area contributed by atoms with Gasteiger partial charge in [0.05, 0.1) is 7.11 Å². The Balaban J connectivity index is 2.58. The first-order valence-electron chi connectivity index (χ1n) is 7.15. The van der Waals surface area contributed by atoms with E-state index in [1.54, 1.807) is 7.11 Å². The smallest absolute Gasteiger partial charge is 0.164 e. The Hall–Kier alpha value is -1.22. The number of hydrogen-bond donors (Lipinski definition) is 2. The third-order valence-corrected chi connectivity index (χ3v) is 4.49. The van der Waals surface area contributed by atoms with Crippen molar-refractivity contribution < 1.29 is 9.84 Å². The summed E-state index contributed by atoms with van der Waals surface area (Å²) in [6.07, 6.45) is 4.57. The van der Waals surface area contributed by atoms with Crippen LogP contribution in [0.1, 0.15) is 56.6 Å². The average molecular weight is 263 g/mol. The number of rotatable bonds is 4. The van der Waals surface area contributed by atoms with Gasteiger partial charge in [-0.05, 0) is 30.4 Å². The second-order valence-electron chi connectivity index (χ2n) is 5.97. The van der Waals surface area contributed by atoms with E-state index >= 15 is 0 Å². The van der Waals surface area contributed by atoms with Crippen LogP contribution in [-0.4, -0.2) is 18.8 Å². The molecule has 3 nitrogen and oxygen atoms in total. The van der Waals surface area contributed by atoms with Crippen LogP contribution in [0.3, 0.4) is 0 Å². The second kappa shape index (κ2) is 5.41. The Labute approximate surface area is 115 Å². The third kappa shape index (κ3) is 2.44. The summed E-state index contributed by atoms with van der Waals surface area (Å²) in [4.78, 5) is 0. The van der Waals surface area contributed by atoms with Crippen LogP contribution in [-0.2, 0) is 5.41 Å². The van der Waals surface area contributed by atoms with Gasteiger partial charge in [0, 0.05) is 17.5 Å². The minimum atomic E-state index is -0.0201. The molecule has 106 valence electrons. The molecule has 3 heteroatoms. The summed E-state index contributed by atoms with van der Waals surface area (Å²) in [6.45, 7) is 4.88. The fourth-order valence-electron chi connectivity index (χ4n) is 3.21. The Bertz CT molecular complexity index is 448. The molecular formula is C16H25NO2. The van der Waals surface area contributed by atoms with Gasteiger partial charge in [-0.25, -0.2) is 0 Å². The maximum Gasteiger partial charge on any atom is 0.164 e. The standard InChI is InChI=1S/C16H25NO2/c1-11(2)12-8-13(15(19-3)14(18)9-12)16(10-17)6-4-5-7-16/h8-9,11,18H,4-7,10,17H2,1-3H3. The number of methoxy groups -OCH3 is 1. The molecule has 19 heavy (non-hydrogen) atoms. The van der Waals surface area contributed by atoms with Crippen molar-refractivity contribution in [3.8, 4) is 11.5 Å². The predicted octanol–water partition coefficient (Wildman–Crippen LogP) is 3.29. The molecule has 0 aliphatic heterocycles. The van der Waals surface area contributed by atoms with Crippen LogP contribution in [0.2, 0.25) is 0 Å². The van der Waals surface area contributed by atoms with Crippen molar-refractivity contribution in [2.75, 3.05) is 13.7 Å². The van der Waals surface area contributed by atoms with Gasteiger partial charge in [0.1, 0.15) is 0 Å². The lowest BCUT2D eigenvalue weighted by Gasteiger charge is -2.30. The molecule has 1 aromatic carbocycles. The van der Waals surface area contributed by atoms with Crippen molar-refractivity contribution >= 4 is 0 Å². The maximum atomic E-state index is 10.2. The number of nitrogens with two attached hydrogens (primary N) is 1. The molecule has 0 atom stereocenters. The van der Waals surface area contributed by atoms with Crippen LogP contribution < -0.4 is 10.5 Å². The summed E-state index contributed by atoms with van der Waals surface area (Å²) in [5, 5.41) is 10.2. The zero-order valence-electron chi connectivity index (χ0n) is 12.2. The fraction of sp³-hybridized carbons (Fsp3) is 0.625. The van der Waals surface area contributed by atoms with E-state index in [-0.39, 0.29) is 11.2 Å². The van der Waals surface area contributed by atoms with E-state index in [0.717, 1.165) is 24.0 Å². The van der Waals surface area contributed by atoms with Crippen molar-refractivity contribution in [3.05, 3.63) is 23.3 Å². The van der Waals surface area contributed by atoms with Crippen LogP contribution in [0.4, 0.5) is 0 Å². The summed E-state index contributed by atoms with van der Waals surface area (Å²) in [6, 6.07) is 3.99. The molecule has 0 unspecified atom stereocenters. The number of ether oxygens (including phenoxy) is 1. The van der Waals surface area contributed by atoms with Crippen molar-refractivity contribution in [3.63, 3.8) is 0 Å². The summed E-state index contributed by atoms with van der Waals surface area (Å²) in [5.74, 6) is 1.23. The molecule has 0 aromatic heterocycles. The normalized spacial score (nSPS) is 17.9. The maximum absolute atomic E-state index is 10.2. The molecule has 3 N–H and O–H groups in total. The molecule has 0 radical (unpaired) electrons. The molecule has 1 saturated carbocycles. The van der Waals surface area contributed by atoms with E-state index in [0.29, 0.717) is 18.2 Å². The van der Waals surface area contributed by atoms with Crippen LogP contribution in [0.25, 0.3) is 0 Å². The Morgan fingerprint density at radius 3 is 2.42 bits per heavy atom. The predicted molar refractivity (Wildman–Crippen MR) is 77.9 cm³/mol. The first-order chi connectivity index (χ1) is 9.04. The zero-order valence-corrected chi connectivity index (χ0v) is 12.2. The van der Waals surface area contributed by atoms with Gasteiger partial charge in [-0.2, -0.15) is 0 Å². The van der Waals surface area contributed by atoms with Crippen LogP contribution in [0.15, 0.2) is 12.1 Å². The fourth-order valence-corrected chi connectivity index (χ4v) is 3.21. The summed E-state index contributed by atoms with van der Waals surface area (Å²) < 4.78 is 5.44. The SMILES string of the molecule is COc1c(O)cc(C(C)C)cc1C1(CN)CCCC1. The topological polar surface area (TPSA) is 55.5 Å². The highest BCUT2D eigenvalue weighted by Crippen LogP contribution is 2.47. The third-order valence-electron chi connectivity index (χ3n) is 4.49. The van der Waals surface area contributed by atoms with Gasteiger partial charge in [-0.3, -0.25) is 0 Å². The zero-order chi connectivity index (χ0) is 14.0. The highest BCUT2D eigenvalue weighted by atomic mass is 16.5.